The molecular weight excluding hydrogens is 565 g/mol. The van der Waals surface area contributed by atoms with Crippen LogP contribution in [0.25, 0.3) is 5.57 Å². The van der Waals surface area contributed by atoms with Crippen molar-refractivity contribution in [1.82, 2.24) is 20.9 Å². The maximum atomic E-state index is 5.25. The zero-order valence-corrected chi connectivity index (χ0v) is 30.5. The first-order chi connectivity index (χ1) is 22.2. The molecule has 7 heteroatoms. The van der Waals surface area contributed by atoms with E-state index in [0.29, 0.717) is 5.92 Å². The molecule has 3 rings (SSSR count). The first kappa shape index (κ1) is 41.9. The summed E-state index contributed by atoms with van der Waals surface area (Å²) in [5.41, 5.74) is 13.1. The Morgan fingerprint density at radius 1 is 1.13 bits per heavy atom. The number of rotatable bonds is 11. The van der Waals surface area contributed by atoms with Crippen LogP contribution in [0.4, 0.5) is 0 Å². The van der Waals surface area contributed by atoms with E-state index in [2.05, 4.69) is 98.2 Å². The Morgan fingerprint density at radius 2 is 1.85 bits per heavy atom. The Labute approximate surface area is 282 Å². The number of aryl methyl sites for hydroxylation is 1. The summed E-state index contributed by atoms with van der Waals surface area (Å²) < 4.78 is 5.25. The summed E-state index contributed by atoms with van der Waals surface area (Å²) in [5, 5.41) is 9.35. The van der Waals surface area contributed by atoms with E-state index >= 15 is 0 Å². The van der Waals surface area contributed by atoms with Crippen LogP contribution < -0.4 is 16.0 Å². The summed E-state index contributed by atoms with van der Waals surface area (Å²) >= 11 is 0. The topological polar surface area (TPSA) is 70.6 Å². The van der Waals surface area contributed by atoms with Gasteiger partial charge in [0.15, 0.2) is 0 Å². The van der Waals surface area contributed by atoms with Gasteiger partial charge in [0.25, 0.3) is 0 Å². The number of dihydropyridines is 1. The molecule has 1 aromatic rings. The van der Waals surface area contributed by atoms with Gasteiger partial charge in [0.1, 0.15) is 11.5 Å². The van der Waals surface area contributed by atoms with Gasteiger partial charge in [0.2, 0.25) is 0 Å². The second kappa shape index (κ2) is 25.1. The van der Waals surface area contributed by atoms with Crippen LogP contribution in [0.5, 0.6) is 0 Å². The molecule has 3 N–H and O–H groups in total. The summed E-state index contributed by atoms with van der Waals surface area (Å²) in [6.07, 6.45) is 21.1. The van der Waals surface area contributed by atoms with E-state index < -0.39 is 0 Å². The van der Waals surface area contributed by atoms with Crippen molar-refractivity contribution in [3.8, 4) is 0 Å². The molecule has 1 aliphatic heterocycles. The normalized spacial score (nSPS) is 16.3. The van der Waals surface area contributed by atoms with Crippen molar-refractivity contribution in [3.63, 3.8) is 0 Å². The number of allylic oxidation sites excluding steroid dienone is 9. The molecule has 1 aliphatic carbocycles. The molecule has 2 aliphatic rings. The average Bonchev–Trinajstić information content (AvgIpc) is 3.07. The third-order valence-corrected chi connectivity index (χ3v) is 7.02. The number of hydrogen-bond donors (Lipinski definition) is 3. The monoisotopic (exact) mass is 624 g/mol. The third kappa shape index (κ3) is 14.3. The van der Waals surface area contributed by atoms with E-state index in [4.69, 9.17) is 17.2 Å². The molecular formula is C39H59BN5O. The summed E-state index contributed by atoms with van der Waals surface area (Å²) in [6, 6.07) is 2.24. The molecule has 249 valence electrons. The van der Waals surface area contributed by atoms with E-state index in [1.165, 1.54) is 28.4 Å². The van der Waals surface area contributed by atoms with E-state index in [-0.39, 0.29) is 0 Å². The minimum atomic E-state index is 0.375. The van der Waals surface area contributed by atoms with Crippen molar-refractivity contribution in [3.05, 3.63) is 112 Å². The molecule has 0 spiro atoms. The molecule has 1 unspecified atom stereocenters. The predicted octanol–water partition coefficient (Wildman–Crippen LogP) is 8.31. The van der Waals surface area contributed by atoms with Crippen LogP contribution in [0.1, 0.15) is 96.2 Å². The first-order valence-corrected chi connectivity index (χ1v) is 16.5. The molecule has 0 amide bonds. The molecule has 0 saturated carbocycles. The maximum absolute atomic E-state index is 5.25. The number of nitrogens with one attached hydrogen (secondary N) is 3. The van der Waals surface area contributed by atoms with E-state index in [1.54, 1.807) is 20.4 Å². The summed E-state index contributed by atoms with van der Waals surface area (Å²) in [5.74, 6) is 1.22. The number of methoxy groups -OCH3 is 1. The van der Waals surface area contributed by atoms with Gasteiger partial charge < -0.3 is 15.4 Å². The molecule has 1 aromatic heterocycles. The van der Waals surface area contributed by atoms with Crippen LogP contribution in [0.2, 0.25) is 0 Å². The van der Waals surface area contributed by atoms with E-state index in [0.717, 1.165) is 66.5 Å². The van der Waals surface area contributed by atoms with Crippen molar-refractivity contribution < 1.29 is 4.74 Å². The van der Waals surface area contributed by atoms with Crippen LogP contribution >= 0.6 is 0 Å². The summed E-state index contributed by atoms with van der Waals surface area (Å²) in [6.45, 7) is 24.1. The molecule has 0 bridgehead atoms. The quantitative estimate of drug-likeness (QED) is 0.171. The molecule has 6 nitrogen and oxygen atoms in total. The SMILES string of the molecule is C/C=C1/C=C(C)C=C(OC)C1=NC.C=C=CNCC(CCC)c1cc(C)c(C)c(C2=C/C(=C/CC)NC=C2)n1.CC.[B]=CNCC. The standard InChI is InChI=1S/C23H31N3.C11H15NO.C3H7BN.C2H6/c1-6-9-20(16-24-12-8-3)22-14-17(4)18(5)23(26-22)19-11-13-25-21(15-19)10-7-2;1-5-9-6-8(2)7-10(13-4)11(9)12-3;1-2-5-3-4;1-2/h10-15,20,24-25H,3,6-7,9,16H2,1-2,4-5H3;5-7H,1-4H3;3,5H,2H2,1H3;1-2H3/b21-10-;9-5-,12-11?;;. The Hall–Kier alpha value is -4.09. The van der Waals surface area contributed by atoms with Gasteiger partial charge in [0.05, 0.1) is 12.8 Å². The van der Waals surface area contributed by atoms with E-state index in [9.17, 15) is 0 Å². The van der Waals surface area contributed by atoms with Crippen molar-refractivity contribution in [1.29, 1.82) is 0 Å². The Bertz CT molecular complexity index is 1350. The Balaban J connectivity index is 0.000000839. The molecule has 46 heavy (non-hydrogen) atoms. The predicted molar refractivity (Wildman–Crippen MR) is 205 cm³/mol. The molecule has 1 radical (unpaired) electrons. The van der Waals surface area contributed by atoms with Gasteiger partial charge in [-0.15, -0.1) is 5.73 Å². The third-order valence-electron chi connectivity index (χ3n) is 7.02. The Kier molecular flexibility index (Phi) is 22.9. The van der Waals surface area contributed by atoms with Crippen LogP contribution in [0.15, 0.2) is 94.8 Å². The van der Waals surface area contributed by atoms with Crippen molar-refractivity contribution in [2.45, 2.75) is 87.5 Å². The Morgan fingerprint density at radius 3 is 2.37 bits per heavy atom. The zero-order valence-electron chi connectivity index (χ0n) is 30.5. The molecule has 0 saturated heterocycles. The van der Waals surface area contributed by atoms with Crippen LogP contribution in [-0.2, 0) is 4.74 Å². The van der Waals surface area contributed by atoms with Crippen molar-refractivity contribution in [2.75, 3.05) is 27.2 Å². The van der Waals surface area contributed by atoms with E-state index in [1.807, 2.05) is 46.0 Å². The van der Waals surface area contributed by atoms with Crippen molar-refractivity contribution >= 4 is 24.9 Å². The fraction of sp³-hybridized carbons (Fsp3) is 0.436. The average molecular weight is 625 g/mol. The van der Waals surface area contributed by atoms with Gasteiger partial charge in [-0.1, -0.05) is 52.8 Å². The van der Waals surface area contributed by atoms with Gasteiger partial charge in [-0.3, -0.25) is 9.98 Å². The van der Waals surface area contributed by atoms with Gasteiger partial charge in [-0.05, 0) is 93.2 Å². The summed E-state index contributed by atoms with van der Waals surface area (Å²) in [4.78, 5) is 9.28. The zero-order chi connectivity index (χ0) is 34.9. The van der Waals surface area contributed by atoms with Crippen LogP contribution in [0, 0.1) is 13.8 Å². The van der Waals surface area contributed by atoms with Gasteiger partial charge in [-0.25, -0.2) is 0 Å². The fourth-order valence-corrected chi connectivity index (χ4v) is 4.70. The fourth-order valence-electron chi connectivity index (χ4n) is 4.70. The first-order valence-electron chi connectivity index (χ1n) is 16.5. The molecule has 2 heterocycles. The van der Waals surface area contributed by atoms with Gasteiger partial charge in [-0.2, -0.15) is 0 Å². The van der Waals surface area contributed by atoms with Gasteiger partial charge in [0, 0.05) is 48.9 Å². The van der Waals surface area contributed by atoms with Crippen LogP contribution in [0.3, 0.4) is 0 Å². The second-order valence-corrected chi connectivity index (χ2v) is 10.4. The number of nitrogens with zero attached hydrogens (tertiary/aromatic N) is 2. The van der Waals surface area contributed by atoms with Crippen LogP contribution in [-0.4, -0.2) is 51.5 Å². The molecule has 0 aromatic carbocycles. The number of hydrogen-bond acceptors (Lipinski definition) is 6. The number of ether oxygens (including phenoxy) is 1. The van der Waals surface area contributed by atoms with Crippen molar-refractivity contribution in [2.24, 2.45) is 4.99 Å². The summed E-state index contributed by atoms with van der Waals surface area (Å²) in [7, 11) is 8.35. The number of pyridine rings is 1. The second-order valence-electron chi connectivity index (χ2n) is 10.4. The molecule has 0 fully saturated rings. The number of aliphatic imine (C=N–C) groups is 1. The minimum absolute atomic E-state index is 0.375. The molecule has 1 atom stereocenters. The number of aromatic nitrogens is 1. The van der Waals surface area contributed by atoms with Gasteiger partial charge >= 0.3 is 32.4 Å².